The van der Waals surface area contributed by atoms with E-state index in [0.717, 1.165) is 0 Å². The van der Waals surface area contributed by atoms with Crippen LogP contribution in [-0.2, 0) is 9.47 Å². The van der Waals surface area contributed by atoms with Crippen molar-refractivity contribution in [1.29, 1.82) is 0 Å². The van der Waals surface area contributed by atoms with Crippen molar-refractivity contribution in [2.75, 3.05) is 39.6 Å². The molecule has 0 spiro atoms. The Kier molecular flexibility index (Phi) is 18.2. The van der Waals surface area contributed by atoms with Crippen molar-refractivity contribution >= 4 is 37.7 Å². The van der Waals surface area contributed by atoms with Crippen LogP contribution in [0, 0.1) is 0 Å². The topological polar surface area (TPSA) is 58.9 Å². The number of ether oxygens (including phenoxy) is 2. The molecule has 0 amide bonds. The van der Waals surface area contributed by atoms with Crippen LogP contribution in [0.2, 0.25) is 0 Å². The molecular formula is C6H16CaO4. The van der Waals surface area contributed by atoms with Gasteiger partial charge in [0.15, 0.2) is 0 Å². The van der Waals surface area contributed by atoms with E-state index in [9.17, 15) is 0 Å². The second-order valence-corrected chi connectivity index (χ2v) is 1.67. The van der Waals surface area contributed by atoms with E-state index in [1.54, 1.807) is 0 Å². The number of hydrogen-bond acceptors (Lipinski definition) is 4. The van der Waals surface area contributed by atoms with Gasteiger partial charge in [-0.15, -0.1) is 0 Å². The number of hydrogen-bond donors (Lipinski definition) is 2. The molecule has 0 saturated carbocycles. The summed E-state index contributed by atoms with van der Waals surface area (Å²) >= 11 is 0. The molecule has 0 rings (SSSR count). The molecule has 0 fully saturated rings. The Morgan fingerprint density at radius 3 is 1.36 bits per heavy atom. The van der Waals surface area contributed by atoms with E-state index in [2.05, 4.69) is 0 Å². The average molecular weight is 192 g/mol. The van der Waals surface area contributed by atoms with Gasteiger partial charge in [-0.3, -0.25) is 0 Å². The molecule has 0 aliphatic heterocycles. The predicted molar refractivity (Wildman–Crippen MR) is 44.4 cm³/mol. The normalized spacial score (nSPS) is 9.27. The molecule has 11 heavy (non-hydrogen) atoms. The Morgan fingerprint density at radius 2 is 1.09 bits per heavy atom. The monoisotopic (exact) mass is 192 g/mol. The van der Waals surface area contributed by atoms with Crippen LogP contribution < -0.4 is 0 Å². The zero-order chi connectivity index (χ0) is 7.66. The molecule has 2 N–H and O–H groups in total. The van der Waals surface area contributed by atoms with Gasteiger partial charge in [0, 0.05) is 0 Å². The van der Waals surface area contributed by atoms with Crippen LogP contribution >= 0.6 is 0 Å². The van der Waals surface area contributed by atoms with E-state index >= 15 is 0 Å². The van der Waals surface area contributed by atoms with Crippen molar-refractivity contribution in [3.63, 3.8) is 0 Å². The van der Waals surface area contributed by atoms with Crippen LogP contribution in [0.3, 0.4) is 0 Å². The van der Waals surface area contributed by atoms with Gasteiger partial charge < -0.3 is 19.7 Å². The zero-order valence-electron chi connectivity index (χ0n) is 5.95. The molecule has 0 aromatic rings. The quantitative estimate of drug-likeness (QED) is 0.365. The Balaban J connectivity index is 0. The van der Waals surface area contributed by atoms with Crippen molar-refractivity contribution in [3.05, 3.63) is 0 Å². The number of aliphatic hydroxyl groups is 2. The molecule has 0 aromatic heterocycles. The third-order valence-electron chi connectivity index (χ3n) is 0.843. The van der Waals surface area contributed by atoms with Gasteiger partial charge in [-0.05, 0) is 0 Å². The fraction of sp³-hybridized carbons (Fsp3) is 1.00. The summed E-state index contributed by atoms with van der Waals surface area (Å²) in [4.78, 5) is 0. The van der Waals surface area contributed by atoms with Crippen LogP contribution in [0.5, 0.6) is 0 Å². The van der Waals surface area contributed by atoms with E-state index in [1.165, 1.54) is 0 Å². The molecule has 66 valence electrons. The average Bonchev–Trinajstić information content (AvgIpc) is 1.97. The van der Waals surface area contributed by atoms with Crippen molar-refractivity contribution in [3.8, 4) is 0 Å². The minimum atomic E-state index is 0. The van der Waals surface area contributed by atoms with Gasteiger partial charge >= 0.3 is 37.7 Å². The summed E-state index contributed by atoms with van der Waals surface area (Å²) in [6.07, 6.45) is 0. The Labute approximate surface area is 96.5 Å². The molecule has 0 aliphatic rings. The van der Waals surface area contributed by atoms with E-state index in [1.807, 2.05) is 0 Å². The first kappa shape index (κ1) is 14.6. The summed E-state index contributed by atoms with van der Waals surface area (Å²) in [7, 11) is 0. The number of rotatable bonds is 7. The van der Waals surface area contributed by atoms with Gasteiger partial charge in [0.25, 0.3) is 0 Å². The molecule has 5 heteroatoms. The van der Waals surface area contributed by atoms with Gasteiger partial charge in [0.1, 0.15) is 0 Å². The van der Waals surface area contributed by atoms with Gasteiger partial charge in [-0.1, -0.05) is 0 Å². The minimum absolute atomic E-state index is 0. The summed E-state index contributed by atoms with van der Waals surface area (Å²) in [5.74, 6) is 0. The molecule has 0 aromatic carbocycles. The van der Waals surface area contributed by atoms with Crippen molar-refractivity contribution in [2.24, 2.45) is 0 Å². The van der Waals surface area contributed by atoms with E-state index < -0.39 is 0 Å². The van der Waals surface area contributed by atoms with Crippen LogP contribution in [0.25, 0.3) is 0 Å². The molecule has 0 unspecified atom stereocenters. The van der Waals surface area contributed by atoms with Crippen molar-refractivity contribution in [1.82, 2.24) is 0 Å². The standard InChI is InChI=1S/C6H14O4.Ca.2H/c7-1-3-9-5-6-10-4-2-8;;;/h7-8H,1-6H2;;;. The molecule has 4 nitrogen and oxygen atoms in total. The second kappa shape index (κ2) is 13.7. The van der Waals surface area contributed by atoms with Gasteiger partial charge in [-0.25, -0.2) is 0 Å². The summed E-state index contributed by atoms with van der Waals surface area (Å²) < 4.78 is 9.75. The molecule has 0 radical (unpaired) electrons. The summed E-state index contributed by atoms with van der Waals surface area (Å²) in [5.41, 5.74) is 0. The maximum atomic E-state index is 8.26. The van der Waals surface area contributed by atoms with Crippen molar-refractivity contribution in [2.45, 2.75) is 0 Å². The van der Waals surface area contributed by atoms with Gasteiger partial charge in [-0.2, -0.15) is 0 Å². The third-order valence-corrected chi connectivity index (χ3v) is 0.843. The Hall–Kier alpha value is 1.10. The molecular weight excluding hydrogens is 176 g/mol. The molecule has 0 bridgehead atoms. The predicted octanol–water partition coefficient (Wildman–Crippen LogP) is -1.91. The summed E-state index contributed by atoms with van der Waals surface area (Å²) in [6.45, 7) is 1.73. The first-order valence-corrected chi connectivity index (χ1v) is 3.29. The Bertz CT molecular complexity index is 54.5. The van der Waals surface area contributed by atoms with E-state index in [0.29, 0.717) is 26.4 Å². The Morgan fingerprint density at radius 1 is 0.727 bits per heavy atom. The molecule has 0 saturated heterocycles. The SMILES string of the molecule is OCCOCCOCCO.[CaH2]. The fourth-order valence-corrected chi connectivity index (χ4v) is 0.451. The first-order chi connectivity index (χ1) is 4.91. The second-order valence-electron chi connectivity index (χ2n) is 1.67. The molecule has 0 atom stereocenters. The van der Waals surface area contributed by atoms with Crippen LogP contribution in [-0.4, -0.2) is 87.6 Å². The zero-order valence-corrected chi connectivity index (χ0v) is 5.95. The summed E-state index contributed by atoms with van der Waals surface area (Å²) in [6, 6.07) is 0. The van der Waals surface area contributed by atoms with Crippen LogP contribution in [0.15, 0.2) is 0 Å². The van der Waals surface area contributed by atoms with Crippen molar-refractivity contribution < 1.29 is 19.7 Å². The first-order valence-electron chi connectivity index (χ1n) is 3.29. The molecule has 0 aliphatic carbocycles. The van der Waals surface area contributed by atoms with Gasteiger partial charge in [0.2, 0.25) is 0 Å². The summed E-state index contributed by atoms with van der Waals surface area (Å²) in [5, 5.41) is 16.5. The molecule has 0 heterocycles. The van der Waals surface area contributed by atoms with Crippen LogP contribution in [0.1, 0.15) is 0 Å². The fourth-order valence-electron chi connectivity index (χ4n) is 0.451. The van der Waals surface area contributed by atoms with Gasteiger partial charge in [0.05, 0.1) is 39.6 Å². The van der Waals surface area contributed by atoms with E-state index in [4.69, 9.17) is 19.7 Å². The third kappa shape index (κ3) is 14.0. The number of aliphatic hydroxyl groups excluding tert-OH is 2. The van der Waals surface area contributed by atoms with Crippen LogP contribution in [0.4, 0.5) is 0 Å². The van der Waals surface area contributed by atoms with E-state index in [-0.39, 0.29) is 51.0 Å². The maximum absolute atomic E-state index is 8.26.